The third kappa shape index (κ3) is 5.47. The maximum atomic E-state index is 12.4. The molecule has 31 heavy (non-hydrogen) atoms. The van der Waals surface area contributed by atoms with Gasteiger partial charge in [0.15, 0.2) is 0 Å². The Morgan fingerprint density at radius 1 is 1.06 bits per heavy atom. The summed E-state index contributed by atoms with van der Waals surface area (Å²) in [5.41, 5.74) is 0.945. The molecule has 0 radical (unpaired) electrons. The van der Waals surface area contributed by atoms with Crippen LogP contribution in [0.5, 0.6) is 5.75 Å². The third-order valence-corrected chi connectivity index (χ3v) is 6.24. The van der Waals surface area contributed by atoms with Gasteiger partial charge in [0.2, 0.25) is 15.9 Å². The number of sulfonamides is 1. The summed E-state index contributed by atoms with van der Waals surface area (Å²) in [7, 11) is -0.603. The zero-order valence-electron chi connectivity index (χ0n) is 17.5. The largest absolute Gasteiger partial charge is 0.494 e. The van der Waals surface area contributed by atoms with Gasteiger partial charge >= 0.3 is 6.01 Å². The SMILES string of the molecule is CCCCOc1ccc(C(=O)Nc2nnc(-c3ccc(S(=O)(=O)N(C)C)cc3)o2)cc1. The van der Waals surface area contributed by atoms with Crippen LogP contribution < -0.4 is 10.1 Å². The Labute approximate surface area is 181 Å². The summed E-state index contributed by atoms with van der Waals surface area (Å²) in [4.78, 5) is 12.5. The minimum atomic E-state index is -3.53. The monoisotopic (exact) mass is 444 g/mol. The summed E-state index contributed by atoms with van der Waals surface area (Å²) < 4.78 is 36.5. The number of ether oxygens (including phenoxy) is 1. The van der Waals surface area contributed by atoms with Crippen LogP contribution >= 0.6 is 0 Å². The molecule has 0 aliphatic carbocycles. The molecule has 1 amide bonds. The number of unbranched alkanes of at least 4 members (excludes halogenated alkanes) is 1. The number of anilines is 1. The molecule has 0 saturated heterocycles. The Balaban J connectivity index is 1.65. The van der Waals surface area contributed by atoms with Gasteiger partial charge in [-0.1, -0.05) is 18.4 Å². The topological polar surface area (TPSA) is 115 Å². The maximum absolute atomic E-state index is 12.4. The van der Waals surface area contributed by atoms with Crippen LogP contribution in [0.25, 0.3) is 11.5 Å². The third-order valence-electron chi connectivity index (χ3n) is 4.41. The van der Waals surface area contributed by atoms with Crippen molar-refractivity contribution < 1.29 is 22.4 Å². The molecule has 0 aliphatic heterocycles. The molecule has 10 heteroatoms. The second-order valence-electron chi connectivity index (χ2n) is 6.90. The molecule has 0 spiro atoms. The molecule has 0 atom stereocenters. The van der Waals surface area contributed by atoms with Crippen LogP contribution in [0.15, 0.2) is 57.8 Å². The van der Waals surface area contributed by atoms with Gasteiger partial charge in [-0.25, -0.2) is 12.7 Å². The van der Waals surface area contributed by atoms with Gasteiger partial charge in [-0.15, -0.1) is 5.10 Å². The Bertz CT molecular complexity index is 1120. The molecule has 1 heterocycles. The van der Waals surface area contributed by atoms with E-state index in [1.807, 2.05) is 0 Å². The lowest BCUT2D eigenvalue weighted by Crippen LogP contribution is -2.22. The molecule has 3 aromatic rings. The first-order valence-electron chi connectivity index (χ1n) is 9.72. The number of carbonyl (C=O) groups excluding carboxylic acids is 1. The van der Waals surface area contributed by atoms with Crippen molar-refractivity contribution in [2.45, 2.75) is 24.7 Å². The second-order valence-corrected chi connectivity index (χ2v) is 9.06. The lowest BCUT2D eigenvalue weighted by molar-refractivity contribution is 0.102. The predicted octanol–water partition coefficient (Wildman–Crippen LogP) is 3.42. The van der Waals surface area contributed by atoms with Crippen LogP contribution in [-0.2, 0) is 10.0 Å². The molecule has 3 rings (SSSR count). The zero-order chi connectivity index (χ0) is 22.4. The first kappa shape index (κ1) is 22.4. The second kappa shape index (κ2) is 9.71. The van der Waals surface area contributed by atoms with Crippen molar-refractivity contribution in [3.63, 3.8) is 0 Å². The van der Waals surface area contributed by atoms with Crippen molar-refractivity contribution in [2.24, 2.45) is 0 Å². The first-order valence-corrected chi connectivity index (χ1v) is 11.2. The van der Waals surface area contributed by atoms with Gasteiger partial charge in [0.25, 0.3) is 5.91 Å². The normalized spacial score (nSPS) is 11.5. The summed E-state index contributed by atoms with van der Waals surface area (Å²) >= 11 is 0. The van der Waals surface area contributed by atoms with E-state index < -0.39 is 15.9 Å². The predicted molar refractivity (Wildman–Crippen MR) is 115 cm³/mol. The number of nitrogens with zero attached hydrogens (tertiary/aromatic N) is 3. The van der Waals surface area contributed by atoms with Crippen LogP contribution in [0.4, 0.5) is 6.01 Å². The average molecular weight is 445 g/mol. The van der Waals surface area contributed by atoms with E-state index in [9.17, 15) is 13.2 Å². The molecule has 0 aliphatic rings. The van der Waals surface area contributed by atoms with Gasteiger partial charge in [-0.05, 0) is 55.0 Å². The minimum Gasteiger partial charge on any atom is -0.494 e. The highest BCUT2D eigenvalue weighted by Crippen LogP contribution is 2.23. The summed E-state index contributed by atoms with van der Waals surface area (Å²) in [6.07, 6.45) is 2.02. The summed E-state index contributed by atoms with van der Waals surface area (Å²) in [5.74, 6) is 0.455. The molecule has 0 saturated carbocycles. The fourth-order valence-electron chi connectivity index (χ4n) is 2.58. The van der Waals surface area contributed by atoms with E-state index in [0.29, 0.717) is 23.5 Å². The molecule has 9 nitrogen and oxygen atoms in total. The van der Waals surface area contributed by atoms with Crippen LogP contribution in [-0.4, -0.2) is 49.5 Å². The zero-order valence-corrected chi connectivity index (χ0v) is 18.3. The highest BCUT2D eigenvalue weighted by molar-refractivity contribution is 7.89. The molecule has 164 valence electrons. The smallest absolute Gasteiger partial charge is 0.322 e. The Morgan fingerprint density at radius 2 is 1.74 bits per heavy atom. The fourth-order valence-corrected chi connectivity index (χ4v) is 3.48. The molecule has 0 bridgehead atoms. The number of rotatable bonds is 9. The summed E-state index contributed by atoms with van der Waals surface area (Å²) in [6, 6.07) is 12.7. The number of carbonyl (C=O) groups is 1. The molecule has 0 fully saturated rings. The quantitative estimate of drug-likeness (QED) is 0.503. The van der Waals surface area contributed by atoms with E-state index in [2.05, 4.69) is 22.4 Å². The Morgan fingerprint density at radius 3 is 2.35 bits per heavy atom. The van der Waals surface area contributed by atoms with Crippen LogP contribution in [0.3, 0.4) is 0 Å². The lowest BCUT2D eigenvalue weighted by Gasteiger charge is -2.11. The van der Waals surface area contributed by atoms with E-state index in [4.69, 9.17) is 9.15 Å². The number of benzene rings is 2. The van der Waals surface area contributed by atoms with Gasteiger partial charge < -0.3 is 9.15 Å². The van der Waals surface area contributed by atoms with Gasteiger partial charge in [0.1, 0.15) is 5.75 Å². The van der Waals surface area contributed by atoms with Crippen molar-refractivity contribution in [3.05, 3.63) is 54.1 Å². The van der Waals surface area contributed by atoms with E-state index in [1.165, 1.54) is 26.2 Å². The molecule has 2 aromatic carbocycles. The highest BCUT2D eigenvalue weighted by Gasteiger charge is 2.18. The fraction of sp³-hybridized carbons (Fsp3) is 0.286. The lowest BCUT2D eigenvalue weighted by atomic mass is 10.2. The summed E-state index contributed by atoms with van der Waals surface area (Å²) in [6.45, 7) is 2.72. The molecular formula is C21H24N4O5S. The van der Waals surface area contributed by atoms with Crippen LogP contribution in [0.1, 0.15) is 30.1 Å². The number of nitrogens with one attached hydrogen (secondary N) is 1. The summed E-state index contributed by atoms with van der Waals surface area (Å²) in [5, 5.41) is 10.3. The van der Waals surface area contributed by atoms with Crippen molar-refractivity contribution in [1.82, 2.24) is 14.5 Å². The molecule has 1 aromatic heterocycles. The van der Waals surface area contributed by atoms with Crippen LogP contribution in [0, 0.1) is 0 Å². The van der Waals surface area contributed by atoms with Crippen molar-refractivity contribution in [1.29, 1.82) is 0 Å². The standard InChI is InChI=1S/C21H24N4O5S/c1-4-5-14-29-17-10-6-15(7-11-17)19(26)22-21-24-23-20(30-21)16-8-12-18(13-9-16)31(27,28)25(2)3/h6-13H,4-5,14H2,1-3H3,(H,22,24,26). The molecule has 1 N–H and O–H groups in total. The van der Waals surface area contributed by atoms with Gasteiger partial charge in [-0.2, -0.15) is 0 Å². The van der Waals surface area contributed by atoms with E-state index in [-0.39, 0.29) is 16.8 Å². The molecular weight excluding hydrogens is 420 g/mol. The average Bonchev–Trinajstić information content (AvgIpc) is 3.23. The van der Waals surface area contributed by atoms with E-state index >= 15 is 0 Å². The van der Waals surface area contributed by atoms with E-state index in [0.717, 1.165) is 17.1 Å². The van der Waals surface area contributed by atoms with Gasteiger partial charge in [0, 0.05) is 25.2 Å². The maximum Gasteiger partial charge on any atom is 0.322 e. The van der Waals surface area contributed by atoms with Crippen LogP contribution in [0.2, 0.25) is 0 Å². The van der Waals surface area contributed by atoms with Gasteiger partial charge in [0.05, 0.1) is 11.5 Å². The number of hydrogen-bond donors (Lipinski definition) is 1. The highest BCUT2D eigenvalue weighted by atomic mass is 32.2. The minimum absolute atomic E-state index is 0.0618. The number of aromatic nitrogens is 2. The van der Waals surface area contributed by atoms with Crippen molar-refractivity contribution in [3.8, 4) is 17.2 Å². The van der Waals surface area contributed by atoms with Crippen molar-refractivity contribution >= 4 is 21.9 Å². The van der Waals surface area contributed by atoms with Crippen molar-refractivity contribution in [2.75, 3.05) is 26.0 Å². The Hall–Kier alpha value is -3.24. The number of hydrogen-bond acceptors (Lipinski definition) is 7. The number of amides is 1. The Kier molecular flexibility index (Phi) is 7.03. The first-order chi connectivity index (χ1) is 14.8. The van der Waals surface area contributed by atoms with E-state index in [1.54, 1.807) is 36.4 Å². The van der Waals surface area contributed by atoms with Gasteiger partial charge in [-0.3, -0.25) is 10.1 Å². The molecule has 0 unspecified atom stereocenters.